The molecule has 2 heterocycles. The Morgan fingerprint density at radius 1 is 1.25 bits per heavy atom. The lowest BCUT2D eigenvalue weighted by molar-refractivity contribution is 0.123. The van der Waals surface area contributed by atoms with E-state index in [9.17, 15) is 0 Å². The standard InChI is InChI=1S/C13H26N2O/c1-2-9-16-10-6-14-12-5-8-15-7-3-4-13(15)11-12/h12-14H,2-11H2,1H3. The van der Waals surface area contributed by atoms with Crippen LogP contribution in [0.3, 0.4) is 0 Å². The van der Waals surface area contributed by atoms with Gasteiger partial charge in [-0.15, -0.1) is 0 Å². The van der Waals surface area contributed by atoms with Crippen molar-refractivity contribution in [2.45, 2.75) is 51.1 Å². The van der Waals surface area contributed by atoms with E-state index in [1.54, 1.807) is 0 Å². The van der Waals surface area contributed by atoms with Gasteiger partial charge >= 0.3 is 0 Å². The first-order valence-electron chi connectivity index (χ1n) is 6.95. The number of nitrogens with zero attached hydrogens (tertiary/aromatic N) is 1. The van der Waals surface area contributed by atoms with Gasteiger partial charge in [0.1, 0.15) is 0 Å². The van der Waals surface area contributed by atoms with Crippen molar-refractivity contribution in [3.63, 3.8) is 0 Å². The number of fused-ring (bicyclic) bond motifs is 1. The van der Waals surface area contributed by atoms with Gasteiger partial charge in [0, 0.05) is 25.2 Å². The van der Waals surface area contributed by atoms with Crippen LogP contribution >= 0.6 is 0 Å². The molecule has 0 amide bonds. The van der Waals surface area contributed by atoms with Crippen molar-refractivity contribution in [2.24, 2.45) is 0 Å². The molecule has 2 atom stereocenters. The molecule has 3 heteroatoms. The van der Waals surface area contributed by atoms with Crippen LogP contribution in [-0.4, -0.2) is 49.8 Å². The first kappa shape index (κ1) is 12.3. The van der Waals surface area contributed by atoms with E-state index in [1.807, 2.05) is 0 Å². The van der Waals surface area contributed by atoms with E-state index in [0.717, 1.165) is 38.3 Å². The Bertz CT molecular complexity index is 198. The number of rotatable bonds is 6. The highest BCUT2D eigenvalue weighted by atomic mass is 16.5. The number of hydrogen-bond acceptors (Lipinski definition) is 3. The average Bonchev–Trinajstić information content (AvgIpc) is 2.76. The number of nitrogens with one attached hydrogen (secondary N) is 1. The molecule has 0 aromatic rings. The molecule has 0 aliphatic carbocycles. The minimum absolute atomic E-state index is 0.740. The molecule has 16 heavy (non-hydrogen) atoms. The average molecular weight is 226 g/mol. The van der Waals surface area contributed by atoms with Crippen LogP contribution < -0.4 is 5.32 Å². The van der Waals surface area contributed by atoms with Crippen LogP contribution in [0.15, 0.2) is 0 Å². The summed E-state index contributed by atoms with van der Waals surface area (Å²) in [6.07, 6.45) is 6.64. The Kier molecular flexibility index (Phi) is 5.07. The van der Waals surface area contributed by atoms with Crippen molar-refractivity contribution in [3.8, 4) is 0 Å². The van der Waals surface area contributed by atoms with Crippen LogP contribution in [-0.2, 0) is 4.74 Å². The van der Waals surface area contributed by atoms with Crippen molar-refractivity contribution in [2.75, 3.05) is 32.8 Å². The highest BCUT2D eigenvalue weighted by Gasteiger charge is 2.31. The Morgan fingerprint density at radius 2 is 2.19 bits per heavy atom. The van der Waals surface area contributed by atoms with Crippen molar-refractivity contribution < 1.29 is 4.74 Å². The van der Waals surface area contributed by atoms with Crippen LogP contribution in [0.25, 0.3) is 0 Å². The summed E-state index contributed by atoms with van der Waals surface area (Å²) in [5.74, 6) is 0. The number of ether oxygens (including phenoxy) is 1. The lowest BCUT2D eigenvalue weighted by Crippen LogP contribution is -2.46. The zero-order valence-corrected chi connectivity index (χ0v) is 10.6. The van der Waals surface area contributed by atoms with Crippen molar-refractivity contribution in [1.82, 2.24) is 10.2 Å². The molecule has 2 aliphatic rings. The molecule has 0 aromatic heterocycles. The van der Waals surface area contributed by atoms with Gasteiger partial charge in [0.2, 0.25) is 0 Å². The summed E-state index contributed by atoms with van der Waals surface area (Å²) in [5, 5.41) is 3.64. The van der Waals surface area contributed by atoms with Gasteiger partial charge in [-0.3, -0.25) is 0 Å². The van der Waals surface area contributed by atoms with Crippen LogP contribution in [0.4, 0.5) is 0 Å². The minimum Gasteiger partial charge on any atom is -0.380 e. The first-order valence-corrected chi connectivity index (χ1v) is 6.95. The third-order valence-electron chi connectivity index (χ3n) is 3.85. The lowest BCUT2D eigenvalue weighted by Gasteiger charge is -2.35. The quantitative estimate of drug-likeness (QED) is 0.697. The fourth-order valence-corrected chi connectivity index (χ4v) is 2.99. The van der Waals surface area contributed by atoms with E-state index < -0.39 is 0 Å². The molecule has 2 rings (SSSR count). The van der Waals surface area contributed by atoms with E-state index in [-0.39, 0.29) is 0 Å². The fraction of sp³-hybridized carbons (Fsp3) is 1.00. The summed E-state index contributed by atoms with van der Waals surface area (Å²) in [5.41, 5.74) is 0. The highest BCUT2D eigenvalue weighted by molar-refractivity contribution is 4.88. The third-order valence-corrected chi connectivity index (χ3v) is 3.85. The van der Waals surface area contributed by atoms with Crippen LogP contribution in [0.5, 0.6) is 0 Å². The summed E-state index contributed by atoms with van der Waals surface area (Å²) < 4.78 is 5.49. The predicted octanol–water partition coefficient (Wildman–Crippen LogP) is 1.63. The van der Waals surface area contributed by atoms with Gasteiger partial charge in [0.15, 0.2) is 0 Å². The molecule has 3 nitrogen and oxygen atoms in total. The molecule has 0 bridgehead atoms. The molecule has 0 radical (unpaired) electrons. The lowest BCUT2D eigenvalue weighted by atomic mass is 9.98. The Hall–Kier alpha value is -0.120. The van der Waals surface area contributed by atoms with E-state index >= 15 is 0 Å². The van der Waals surface area contributed by atoms with E-state index in [1.165, 1.54) is 38.8 Å². The molecule has 2 saturated heterocycles. The second-order valence-corrected chi connectivity index (χ2v) is 5.12. The van der Waals surface area contributed by atoms with E-state index in [4.69, 9.17) is 4.74 Å². The van der Waals surface area contributed by atoms with Crippen molar-refractivity contribution in [3.05, 3.63) is 0 Å². The molecule has 1 N–H and O–H groups in total. The maximum absolute atomic E-state index is 5.49. The second-order valence-electron chi connectivity index (χ2n) is 5.12. The van der Waals surface area contributed by atoms with Crippen molar-refractivity contribution in [1.29, 1.82) is 0 Å². The summed E-state index contributed by atoms with van der Waals surface area (Å²) in [4.78, 5) is 2.67. The SMILES string of the molecule is CCCOCCNC1CCN2CCCC2C1. The van der Waals surface area contributed by atoms with Crippen LogP contribution in [0, 0.1) is 0 Å². The Balaban J connectivity index is 1.56. The van der Waals surface area contributed by atoms with Gasteiger partial charge in [0.05, 0.1) is 6.61 Å². The monoisotopic (exact) mass is 226 g/mol. The van der Waals surface area contributed by atoms with Gasteiger partial charge in [-0.2, -0.15) is 0 Å². The molecule has 2 aliphatic heterocycles. The minimum atomic E-state index is 0.740. The number of piperidine rings is 1. The van der Waals surface area contributed by atoms with Gasteiger partial charge in [0.25, 0.3) is 0 Å². The largest absolute Gasteiger partial charge is 0.380 e. The molecular weight excluding hydrogens is 200 g/mol. The first-order chi connectivity index (χ1) is 7.90. The molecular formula is C13H26N2O. The van der Waals surface area contributed by atoms with E-state index in [0.29, 0.717) is 0 Å². The Morgan fingerprint density at radius 3 is 3.06 bits per heavy atom. The maximum atomic E-state index is 5.49. The summed E-state index contributed by atoms with van der Waals surface area (Å²) in [7, 11) is 0. The Labute approximate surface area is 99.5 Å². The normalized spacial score (nSPS) is 30.6. The number of hydrogen-bond donors (Lipinski definition) is 1. The third kappa shape index (κ3) is 3.44. The van der Waals surface area contributed by atoms with Crippen LogP contribution in [0.1, 0.15) is 39.0 Å². The molecule has 0 aromatic carbocycles. The fourth-order valence-electron chi connectivity index (χ4n) is 2.99. The predicted molar refractivity (Wildman–Crippen MR) is 66.7 cm³/mol. The summed E-state index contributed by atoms with van der Waals surface area (Å²) >= 11 is 0. The molecule has 0 spiro atoms. The molecule has 2 unspecified atom stereocenters. The van der Waals surface area contributed by atoms with Gasteiger partial charge in [-0.1, -0.05) is 6.92 Å². The summed E-state index contributed by atoms with van der Waals surface area (Å²) in [6.45, 7) is 7.61. The zero-order chi connectivity index (χ0) is 11.2. The van der Waals surface area contributed by atoms with E-state index in [2.05, 4.69) is 17.1 Å². The topological polar surface area (TPSA) is 24.5 Å². The highest BCUT2D eigenvalue weighted by Crippen LogP contribution is 2.26. The molecule has 2 fully saturated rings. The van der Waals surface area contributed by atoms with Gasteiger partial charge in [-0.25, -0.2) is 0 Å². The molecule has 94 valence electrons. The van der Waals surface area contributed by atoms with Gasteiger partial charge in [-0.05, 0) is 45.2 Å². The van der Waals surface area contributed by atoms with Crippen molar-refractivity contribution >= 4 is 0 Å². The molecule has 0 saturated carbocycles. The maximum Gasteiger partial charge on any atom is 0.0590 e. The van der Waals surface area contributed by atoms with Crippen LogP contribution in [0.2, 0.25) is 0 Å². The zero-order valence-electron chi connectivity index (χ0n) is 10.6. The second kappa shape index (κ2) is 6.58. The van der Waals surface area contributed by atoms with Gasteiger partial charge < -0.3 is 15.0 Å². The smallest absolute Gasteiger partial charge is 0.0590 e. The summed E-state index contributed by atoms with van der Waals surface area (Å²) in [6, 6.07) is 1.62.